The van der Waals surface area contributed by atoms with Crippen molar-refractivity contribution in [3.8, 4) is 0 Å². The molecule has 0 saturated carbocycles. The first-order valence-electron chi connectivity index (χ1n) is 18.0. The first-order chi connectivity index (χ1) is 27.2. The number of aryl methyl sites for hydroxylation is 1. The summed E-state index contributed by atoms with van der Waals surface area (Å²) in [6, 6.07) is 15.6. The predicted octanol–water partition coefficient (Wildman–Crippen LogP) is 1.36. The molecule has 3 aromatic rings. The van der Waals surface area contributed by atoms with Crippen molar-refractivity contribution < 1.29 is 62.0 Å². The van der Waals surface area contributed by atoms with Gasteiger partial charge in [0.05, 0.1) is 6.20 Å². The Morgan fingerprint density at radius 2 is 1.35 bits per heavy atom. The van der Waals surface area contributed by atoms with Crippen molar-refractivity contribution in [3.63, 3.8) is 0 Å². The molecule has 1 saturated heterocycles. The molecule has 2 aromatic carbocycles. The third-order valence-corrected chi connectivity index (χ3v) is 8.48. The summed E-state index contributed by atoms with van der Waals surface area (Å²) in [6.45, 7) is 4.16. The highest BCUT2D eigenvalue weighted by molar-refractivity contribution is 5.90. The van der Waals surface area contributed by atoms with E-state index in [1.54, 1.807) is 48.5 Å². The predicted molar refractivity (Wildman–Crippen MR) is 195 cm³/mol. The number of nitrogens with zero attached hydrogens (tertiary/aromatic N) is 3. The Hall–Kier alpha value is -6.37. The van der Waals surface area contributed by atoms with Gasteiger partial charge in [0.1, 0.15) is 43.2 Å². The van der Waals surface area contributed by atoms with Gasteiger partial charge in [-0.25, -0.2) is 4.79 Å². The van der Waals surface area contributed by atoms with E-state index in [0.29, 0.717) is 0 Å². The molecule has 1 aromatic heterocycles. The second-order valence-electron chi connectivity index (χ2n) is 13.1. The van der Waals surface area contributed by atoms with E-state index in [9.17, 15) is 33.6 Å². The number of carbonyl (C=O) groups excluding carboxylic acids is 7. The molecule has 0 aliphatic carbocycles. The maximum Gasteiger partial charge on any atom is 0.408 e. The number of alkyl carbamates (subject to hydrolysis) is 1. The quantitative estimate of drug-likeness (QED) is 0.121. The second kappa shape index (κ2) is 21.1. The first-order valence-corrected chi connectivity index (χ1v) is 18.0. The van der Waals surface area contributed by atoms with E-state index in [1.807, 2.05) is 12.1 Å². The summed E-state index contributed by atoms with van der Waals surface area (Å²) in [5, 5.41) is 13.5. The number of amides is 3. The van der Waals surface area contributed by atoms with Crippen LogP contribution in [0.25, 0.3) is 0 Å². The van der Waals surface area contributed by atoms with E-state index in [1.165, 1.54) is 10.9 Å². The minimum absolute atomic E-state index is 0.0390. The lowest BCUT2D eigenvalue weighted by molar-refractivity contribution is -0.255. The highest BCUT2D eigenvalue weighted by Crippen LogP contribution is 2.37. The number of primary amides is 1. The number of rotatable bonds is 18. The molecular formula is C38H46N6O13. The zero-order valence-corrected chi connectivity index (χ0v) is 31.9. The van der Waals surface area contributed by atoms with E-state index in [-0.39, 0.29) is 38.1 Å². The second-order valence-corrected chi connectivity index (χ2v) is 13.1. The molecule has 4 N–H and O–H groups in total. The Bertz CT molecular complexity index is 1860. The van der Waals surface area contributed by atoms with Gasteiger partial charge in [0, 0.05) is 40.7 Å². The Balaban J connectivity index is 1.52. The van der Waals surface area contributed by atoms with Crippen LogP contribution in [0, 0.1) is 0 Å². The van der Waals surface area contributed by atoms with E-state index in [4.69, 9.17) is 34.2 Å². The zero-order valence-electron chi connectivity index (χ0n) is 31.9. The number of hydrogen-bond acceptors (Lipinski definition) is 15. The van der Waals surface area contributed by atoms with Crippen molar-refractivity contribution in [2.75, 3.05) is 6.61 Å². The summed E-state index contributed by atoms with van der Waals surface area (Å²) in [5.41, 5.74) is 7.22. The van der Waals surface area contributed by atoms with Gasteiger partial charge in [-0.3, -0.25) is 33.4 Å². The molecular weight excluding hydrogens is 748 g/mol. The van der Waals surface area contributed by atoms with Crippen molar-refractivity contribution in [2.24, 2.45) is 5.73 Å². The molecule has 0 bridgehead atoms. The molecule has 306 valence electrons. The molecule has 57 heavy (non-hydrogen) atoms. The van der Waals surface area contributed by atoms with Crippen LogP contribution < -0.4 is 16.4 Å². The maximum atomic E-state index is 13.6. The number of benzene rings is 2. The molecule has 0 radical (unpaired) electrons. The third kappa shape index (κ3) is 13.7. The van der Waals surface area contributed by atoms with Gasteiger partial charge in [-0.05, 0) is 24.0 Å². The van der Waals surface area contributed by atoms with Gasteiger partial charge in [0.15, 0.2) is 18.3 Å². The van der Waals surface area contributed by atoms with Gasteiger partial charge in [-0.1, -0.05) is 65.9 Å². The number of ether oxygens (including phenoxy) is 6. The lowest BCUT2D eigenvalue weighted by Crippen LogP contribution is -2.59. The zero-order chi connectivity index (χ0) is 41.5. The number of carbonyl (C=O) groups is 7. The van der Waals surface area contributed by atoms with E-state index in [2.05, 4.69) is 20.9 Å². The van der Waals surface area contributed by atoms with E-state index >= 15 is 0 Å². The van der Waals surface area contributed by atoms with Gasteiger partial charge >= 0.3 is 30.0 Å². The number of nitrogens with one attached hydrogen (secondary N) is 2. The third-order valence-electron chi connectivity index (χ3n) is 8.48. The summed E-state index contributed by atoms with van der Waals surface area (Å²) in [5.74, 6) is -4.45. The minimum Gasteiger partial charge on any atom is -0.463 e. The molecule has 2 heterocycles. The molecule has 1 aliphatic heterocycles. The lowest BCUT2D eigenvalue weighted by Gasteiger charge is -2.43. The van der Waals surface area contributed by atoms with Crippen LogP contribution in [0.15, 0.2) is 66.9 Å². The number of aromatic nitrogens is 3. The molecule has 0 spiro atoms. The molecule has 19 nitrogen and oxygen atoms in total. The Morgan fingerprint density at radius 3 is 1.95 bits per heavy atom. The van der Waals surface area contributed by atoms with Gasteiger partial charge in [-0.15, -0.1) is 5.10 Å². The molecule has 0 unspecified atom stereocenters. The summed E-state index contributed by atoms with van der Waals surface area (Å²) in [4.78, 5) is 87.1. The molecule has 1 fully saturated rings. The van der Waals surface area contributed by atoms with Crippen molar-refractivity contribution >= 4 is 41.8 Å². The lowest BCUT2D eigenvalue weighted by atomic mass is 9.92. The normalized spacial score (nSPS) is 19.8. The number of hydrogen-bond donors (Lipinski definition) is 3. The van der Waals surface area contributed by atoms with Gasteiger partial charge in [0.2, 0.25) is 11.8 Å². The topological polar surface area (TPSA) is 256 Å². The fourth-order valence-electron chi connectivity index (χ4n) is 6.00. The average Bonchev–Trinajstić information content (AvgIpc) is 3.63. The highest BCUT2D eigenvalue weighted by Gasteiger charge is 2.53. The summed E-state index contributed by atoms with van der Waals surface area (Å²) in [6.07, 6.45) is -5.62. The SMILES string of the molecule is CC(=O)OC[C@H]1O[C@@H](c2cn(CCC[C@H](NC(=O)OCc3ccccc3)C(=O)N[C@@H](Cc3ccccc3)C(N)=O)nn2)[C@H](OC(C)=O)[C@@H](OC(C)=O)[C@@H]1OC(C)=O. The van der Waals surface area contributed by atoms with Crippen molar-refractivity contribution in [2.45, 2.75) is 103 Å². The highest BCUT2D eigenvalue weighted by atomic mass is 16.7. The smallest absolute Gasteiger partial charge is 0.408 e. The first kappa shape index (κ1) is 43.4. The minimum atomic E-state index is -1.40. The monoisotopic (exact) mass is 794 g/mol. The van der Waals surface area contributed by atoms with Crippen LogP contribution in [0.5, 0.6) is 0 Å². The van der Waals surface area contributed by atoms with Crippen LogP contribution in [0.1, 0.15) is 63.5 Å². The number of nitrogens with two attached hydrogens (primary N) is 1. The fraction of sp³-hybridized carbons (Fsp3) is 0.447. The standard InChI is InChI=1S/C38H46N6O13/c1-22(45)52-21-31-33(54-23(2)46)35(56-25(4)48)34(55-24(3)47)32(57-31)30-19-44(43-42-30)17-11-16-28(41-38(51)53-20-27-14-9-6-10-15-27)37(50)40-29(36(39)49)18-26-12-7-5-8-13-26/h5-10,12-15,19,28-29,31-35H,11,16-18,20-21H2,1-4H3,(H2,39,49)(H,40,50)(H,41,51)/t28-,29-,31+,32-,33+,34-,35-/m0/s1. The van der Waals surface area contributed by atoms with Crippen LogP contribution in [-0.2, 0) is 76.8 Å². The van der Waals surface area contributed by atoms with Crippen molar-refractivity contribution in [1.82, 2.24) is 25.6 Å². The van der Waals surface area contributed by atoms with Gasteiger partial charge in [-0.2, -0.15) is 0 Å². The van der Waals surface area contributed by atoms with Gasteiger partial charge < -0.3 is 44.8 Å². The molecule has 7 atom stereocenters. The van der Waals surface area contributed by atoms with Crippen LogP contribution in [-0.4, -0.2) is 99.9 Å². The van der Waals surface area contributed by atoms with Crippen LogP contribution in [0.2, 0.25) is 0 Å². The van der Waals surface area contributed by atoms with E-state index < -0.39 is 91.0 Å². The maximum absolute atomic E-state index is 13.6. The largest absolute Gasteiger partial charge is 0.463 e. The van der Waals surface area contributed by atoms with E-state index in [0.717, 1.165) is 38.8 Å². The number of esters is 4. The Morgan fingerprint density at radius 1 is 0.754 bits per heavy atom. The molecule has 3 amide bonds. The average molecular weight is 795 g/mol. The molecule has 1 aliphatic rings. The van der Waals surface area contributed by atoms with Gasteiger partial charge in [0.25, 0.3) is 0 Å². The van der Waals surface area contributed by atoms with Crippen molar-refractivity contribution in [3.05, 3.63) is 83.7 Å². The summed E-state index contributed by atoms with van der Waals surface area (Å²) >= 11 is 0. The van der Waals surface area contributed by atoms with Crippen LogP contribution in [0.4, 0.5) is 4.79 Å². The molecule has 4 rings (SSSR count). The fourth-order valence-corrected chi connectivity index (χ4v) is 6.00. The Labute approximate surface area is 327 Å². The summed E-state index contributed by atoms with van der Waals surface area (Å²) in [7, 11) is 0. The summed E-state index contributed by atoms with van der Waals surface area (Å²) < 4.78 is 34.5. The van der Waals surface area contributed by atoms with Crippen molar-refractivity contribution in [1.29, 1.82) is 0 Å². The Kier molecular flexibility index (Phi) is 16.0. The molecule has 19 heteroatoms. The van der Waals surface area contributed by atoms with Crippen LogP contribution >= 0.6 is 0 Å². The van der Waals surface area contributed by atoms with Crippen LogP contribution in [0.3, 0.4) is 0 Å².